The zero-order valence-corrected chi connectivity index (χ0v) is 8.95. The minimum Gasteiger partial charge on any atom is -0.355 e. The summed E-state index contributed by atoms with van der Waals surface area (Å²) in [6.45, 7) is 4.29. The highest BCUT2D eigenvalue weighted by molar-refractivity contribution is 7.99. The lowest BCUT2D eigenvalue weighted by molar-refractivity contribution is -0.118. The predicted molar refractivity (Wildman–Crippen MR) is 57.0 cm³/mol. The molecule has 1 rings (SSSR count). The van der Waals surface area contributed by atoms with E-state index in [-0.39, 0.29) is 5.91 Å². The van der Waals surface area contributed by atoms with Crippen LogP contribution in [0.15, 0.2) is 0 Å². The number of amides is 1. The summed E-state index contributed by atoms with van der Waals surface area (Å²) in [6, 6.07) is 0. The van der Waals surface area contributed by atoms with E-state index in [1.165, 1.54) is 17.9 Å². The van der Waals surface area contributed by atoms with Crippen LogP contribution < -0.4 is 10.6 Å². The van der Waals surface area contributed by atoms with Crippen LogP contribution in [0, 0.1) is 5.92 Å². The molecule has 2 N–H and O–H groups in total. The molecule has 0 aromatic carbocycles. The van der Waals surface area contributed by atoms with E-state index in [1.807, 2.05) is 11.8 Å². The van der Waals surface area contributed by atoms with Crippen molar-refractivity contribution in [2.75, 3.05) is 31.1 Å². The van der Waals surface area contributed by atoms with Gasteiger partial charge in [0.2, 0.25) is 5.91 Å². The third kappa shape index (κ3) is 5.16. The second-order valence-electron chi connectivity index (χ2n) is 3.42. The van der Waals surface area contributed by atoms with Gasteiger partial charge in [0.1, 0.15) is 0 Å². The number of nitrogens with one attached hydrogen (secondary N) is 2. The lowest BCUT2D eigenvalue weighted by Gasteiger charge is -2.09. The van der Waals surface area contributed by atoms with Crippen LogP contribution in [0.1, 0.15) is 13.3 Å². The Morgan fingerprint density at radius 2 is 2.38 bits per heavy atom. The maximum absolute atomic E-state index is 10.5. The first kappa shape index (κ1) is 10.9. The fourth-order valence-corrected chi connectivity index (χ4v) is 2.66. The van der Waals surface area contributed by atoms with Gasteiger partial charge in [0.25, 0.3) is 0 Å². The molecule has 1 aliphatic heterocycles. The summed E-state index contributed by atoms with van der Waals surface area (Å²) in [4.78, 5) is 10.5. The molecule has 0 saturated carbocycles. The molecule has 0 aromatic heterocycles. The van der Waals surface area contributed by atoms with Gasteiger partial charge in [-0.05, 0) is 30.4 Å². The number of carbonyl (C=O) groups excluding carboxylic acids is 1. The summed E-state index contributed by atoms with van der Waals surface area (Å²) in [5.74, 6) is 3.52. The van der Waals surface area contributed by atoms with E-state index in [1.54, 1.807) is 6.92 Å². The quantitative estimate of drug-likeness (QED) is 0.637. The number of rotatable bonds is 5. The third-order valence-electron chi connectivity index (χ3n) is 2.13. The van der Waals surface area contributed by atoms with Crippen LogP contribution in [0.3, 0.4) is 0 Å². The molecule has 13 heavy (non-hydrogen) atoms. The molecule has 1 saturated heterocycles. The van der Waals surface area contributed by atoms with Crippen molar-refractivity contribution in [2.24, 2.45) is 5.92 Å². The Bertz CT molecular complexity index is 158. The van der Waals surface area contributed by atoms with Crippen LogP contribution >= 0.6 is 11.8 Å². The van der Waals surface area contributed by atoms with Crippen molar-refractivity contribution in [2.45, 2.75) is 13.3 Å². The maximum Gasteiger partial charge on any atom is 0.216 e. The Kier molecular flexibility index (Phi) is 5.23. The minimum atomic E-state index is 0.0539. The van der Waals surface area contributed by atoms with Gasteiger partial charge in [0.15, 0.2) is 0 Å². The fraction of sp³-hybridized carbons (Fsp3) is 0.889. The molecule has 3 nitrogen and oxygen atoms in total. The molecule has 0 radical (unpaired) electrons. The van der Waals surface area contributed by atoms with E-state index >= 15 is 0 Å². The zero-order chi connectivity index (χ0) is 9.52. The van der Waals surface area contributed by atoms with Crippen molar-refractivity contribution in [3.8, 4) is 0 Å². The molecule has 4 heteroatoms. The van der Waals surface area contributed by atoms with Crippen molar-refractivity contribution in [3.05, 3.63) is 0 Å². The van der Waals surface area contributed by atoms with Crippen LogP contribution in [0.2, 0.25) is 0 Å². The molecule has 0 bridgehead atoms. The predicted octanol–water partition coefficient (Wildman–Crippen LogP) is 0.465. The van der Waals surface area contributed by atoms with Crippen molar-refractivity contribution < 1.29 is 4.79 Å². The molecule has 0 aromatic rings. The van der Waals surface area contributed by atoms with Crippen LogP contribution in [0.4, 0.5) is 0 Å². The average molecular weight is 202 g/mol. The van der Waals surface area contributed by atoms with Crippen molar-refractivity contribution in [3.63, 3.8) is 0 Å². The van der Waals surface area contributed by atoms with Crippen LogP contribution in [0.5, 0.6) is 0 Å². The smallest absolute Gasteiger partial charge is 0.216 e. The molecule has 1 amide bonds. The van der Waals surface area contributed by atoms with E-state index in [0.717, 1.165) is 25.6 Å². The first-order valence-electron chi connectivity index (χ1n) is 4.82. The lowest BCUT2D eigenvalue weighted by Crippen LogP contribution is -2.32. The Labute approximate surface area is 84.0 Å². The van der Waals surface area contributed by atoms with Crippen molar-refractivity contribution in [1.29, 1.82) is 0 Å². The highest BCUT2D eigenvalue weighted by atomic mass is 32.2. The van der Waals surface area contributed by atoms with Gasteiger partial charge in [0, 0.05) is 20.0 Å². The topological polar surface area (TPSA) is 41.1 Å². The average Bonchev–Trinajstić information content (AvgIpc) is 2.55. The van der Waals surface area contributed by atoms with Crippen molar-refractivity contribution >= 4 is 17.7 Å². The third-order valence-corrected chi connectivity index (χ3v) is 3.36. The summed E-state index contributed by atoms with van der Waals surface area (Å²) in [6.07, 6.45) is 1.35. The summed E-state index contributed by atoms with van der Waals surface area (Å²) in [5.41, 5.74) is 0. The number of hydrogen-bond donors (Lipinski definition) is 2. The Morgan fingerprint density at radius 3 is 3.00 bits per heavy atom. The standard InChI is InChI=1S/C9H18N2OS/c1-8(12)11-4-3-10-6-9-2-5-13-7-9/h9-10H,2-7H2,1H3,(H,11,12). The van der Waals surface area contributed by atoms with E-state index < -0.39 is 0 Å². The molecule has 1 unspecified atom stereocenters. The molecule has 1 atom stereocenters. The van der Waals surface area contributed by atoms with Gasteiger partial charge in [0.05, 0.1) is 0 Å². The van der Waals surface area contributed by atoms with Gasteiger partial charge in [-0.15, -0.1) is 0 Å². The normalized spacial score (nSPS) is 21.8. The number of carbonyl (C=O) groups is 1. The van der Waals surface area contributed by atoms with Gasteiger partial charge in [-0.2, -0.15) is 11.8 Å². The Hall–Kier alpha value is -0.220. The van der Waals surface area contributed by atoms with Gasteiger partial charge >= 0.3 is 0 Å². The highest BCUT2D eigenvalue weighted by Gasteiger charge is 2.14. The molecule has 76 valence electrons. The largest absolute Gasteiger partial charge is 0.355 e. The molecule has 0 spiro atoms. The molecular weight excluding hydrogens is 184 g/mol. The Morgan fingerprint density at radius 1 is 1.54 bits per heavy atom. The maximum atomic E-state index is 10.5. The second-order valence-corrected chi connectivity index (χ2v) is 4.57. The molecule has 1 fully saturated rings. The lowest BCUT2D eigenvalue weighted by atomic mass is 10.1. The fourth-order valence-electron chi connectivity index (χ4n) is 1.38. The first-order chi connectivity index (χ1) is 6.29. The molecule has 1 aliphatic rings. The van der Waals surface area contributed by atoms with E-state index in [9.17, 15) is 4.79 Å². The summed E-state index contributed by atoms with van der Waals surface area (Å²) in [7, 11) is 0. The van der Waals surface area contributed by atoms with Crippen LogP contribution in [-0.4, -0.2) is 37.0 Å². The minimum absolute atomic E-state index is 0.0539. The first-order valence-corrected chi connectivity index (χ1v) is 5.97. The second kappa shape index (κ2) is 6.27. The van der Waals surface area contributed by atoms with Gasteiger partial charge in [-0.25, -0.2) is 0 Å². The van der Waals surface area contributed by atoms with Gasteiger partial charge in [-0.1, -0.05) is 0 Å². The Balaban J connectivity index is 1.86. The van der Waals surface area contributed by atoms with E-state index in [2.05, 4.69) is 10.6 Å². The zero-order valence-electron chi connectivity index (χ0n) is 8.14. The van der Waals surface area contributed by atoms with Crippen LogP contribution in [-0.2, 0) is 4.79 Å². The molecule has 1 heterocycles. The van der Waals surface area contributed by atoms with Crippen molar-refractivity contribution in [1.82, 2.24) is 10.6 Å². The van der Waals surface area contributed by atoms with Gasteiger partial charge in [-0.3, -0.25) is 4.79 Å². The van der Waals surface area contributed by atoms with E-state index in [0.29, 0.717) is 0 Å². The monoisotopic (exact) mass is 202 g/mol. The highest BCUT2D eigenvalue weighted by Crippen LogP contribution is 2.22. The molecule has 0 aliphatic carbocycles. The van der Waals surface area contributed by atoms with Crippen LogP contribution in [0.25, 0.3) is 0 Å². The summed E-state index contributed by atoms with van der Waals surface area (Å²) in [5, 5.41) is 6.12. The summed E-state index contributed by atoms with van der Waals surface area (Å²) >= 11 is 2.04. The number of hydrogen-bond acceptors (Lipinski definition) is 3. The molecular formula is C9H18N2OS. The van der Waals surface area contributed by atoms with E-state index in [4.69, 9.17) is 0 Å². The number of thioether (sulfide) groups is 1. The van der Waals surface area contributed by atoms with Gasteiger partial charge < -0.3 is 10.6 Å². The SMILES string of the molecule is CC(=O)NCCNCC1CCSC1. The summed E-state index contributed by atoms with van der Waals surface area (Å²) < 4.78 is 0.